The third-order valence-corrected chi connectivity index (χ3v) is 4.06. The van der Waals surface area contributed by atoms with Crippen LogP contribution >= 0.6 is 0 Å². The highest BCUT2D eigenvalue weighted by Gasteiger charge is 2.04. The van der Waals surface area contributed by atoms with Gasteiger partial charge in [0.2, 0.25) is 0 Å². The minimum absolute atomic E-state index is 1.01. The Hall–Kier alpha value is -0.260. The minimum atomic E-state index is 1.01. The Morgan fingerprint density at radius 2 is 1.33 bits per heavy atom. The van der Waals surface area contributed by atoms with Crippen LogP contribution in [0, 0.1) is 5.92 Å². The standard InChI is InChI=1S/C18H36/c1-4-7-9-10-11-12-13-14-15-17-18(6-3)16-8-5-2/h4,18H,1,5-17H2,2-3H3. The van der Waals surface area contributed by atoms with E-state index in [-0.39, 0.29) is 0 Å². The molecule has 0 heterocycles. The Labute approximate surface area is 116 Å². The van der Waals surface area contributed by atoms with Gasteiger partial charge in [0.15, 0.2) is 0 Å². The molecule has 0 saturated carbocycles. The smallest absolute Gasteiger partial charge is 0.0353 e. The van der Waals surface area contributed by atoms with Gasteiger partial charge in [0.1, 0.15) is 0 Å². The van der Waals surface area contributed by atoms with Crippen molar-refractivity contribution < 1.29 is 0 Å². The predicted octanol–water partition coefficient (Wildman–Crippen LogP) is 6.90. The number of rotatable bonds is 14. The van der Waals surface area contributed by atoms with Crippen molar-refractivity contribution in [3.05, 3.63) is 12.7 Å². The Morgan fingerprint density at radius 3 is 1.89 bits per heavy atom. The fraction of sp³-hybridized carbons (Fsp3) is 0.889. The highest BCUT2D eigenvalue weighted by molar-refractivity contribution is 4.65. The lowest BCUT2D eigenvalue weighted by Crippen LogP contribution is -1.98. The molecule has 0 aliphatic carbocycles. The van der Waals surface area contributed by atoms with Crippen LogP contribution in [0.5, 0.6) is 0 Å². The maximum absolute atomic E-state index is 3.76. The molecule has 0 N–H and O–H groups in total. The number of hydrogen-bond donors (Lipinski definition) is 0. The summed E-state index contributed by atoms with van der Waals surface area (Å²) in [7, 11) is 0. The summed E-state index contributed by atoms with van der Waals surface area (Å²) in [5, 5.41) is 0. The summed E-state index contributed by atoms with van der Waals surface area (Å²) >= 11 is 0. The van der Waals surface area contributed by atoms with Crippen LogP contribution in [0.2, 0.25) is 0 Å². The number of allylic oxidation sites excluding steroid dienone is 1. The largest absolute Gasteiger partial charge is 0.103 e. The van der Waals surface area contributed by atoms with E-state index in [2.05, 4.69) is 20.4 Å². The lowest BCUT2D eigenvalue weighted by molar-refractivity contribution is 0.399. The maximum Gasteiger partial charge on any atom is -0.0353 e. The third-order valence-electron chi connectivity index (χ3n) is 4.06. The lowest BCUT2D eigenvalue weighted by atomic mass is 9.93. The molecule has 1 unspecified atom stereocenters. The molecule has 18 heavy (non-hydrogen) atoms. The van der Waals surface area contributed by atoms with Gasteiger partial charge in [-0.15, -0.1) is 6.58 Å². The molecule has 0 bridgehead atoms. The van der Waals surface area contributed by atoms with E-state index < -0.39 is 0 Å². The van der Waals surface area contributed by atoms with Gasteiger partial charge in [-0.2, -0.15) is 0 Å². The first-order chi connectivity index (χ1) is 8.85. The van der Waals surface area contributed by atoms with Crippen LogP contribution in [0.15, 0.2) is 12.7 Å². The summed E-state index contributed by atoms with van der Waals surface area (Å²) in [6, 6.07) is 0. The van der Waals surface area contributed by atoms with Gasteiger partial charge in [-0.05, 0) is 18.8 Å². The van der Waals surface area contributed by atoms with E-state index in [0.29, 0.717) is 0 Å². The molecular weight excluding hydrogens is 216 g/mol. The topological polar surface area (TPSA) is 0 Å². The molecule has 0 aromatic carbocycles. The monoisotopic (exact) mass is 252 g/mol. The van der Waals surface area contributed by atoms with Crippen LogP contribution in [0.3, 0.4) is 0 Å². The van der Waals surface area contributed by atoms with Crippen LogP contribution in [0.1, 0.15) is 97.3 Å². The lowest BCUT2D eigenvalue weighted by Gasteiger charge is -2.13. The van der Waals surface area contributed by atoms with Crippen molar-refractivity contribution in [3.63, 3.8) is 0 Å². The molecule has 0 amide bonds. The van der Waals surface area contributed by atoms with E-state index >= 15 is 0 Å². The van der Waals surface area contributed by atoms with E-state index in [1.54, 1.807) is 0 Å². The highest BCUT2D eigenvalue weighted by atomic mass is 14.1. The molecule has 0 heteroatoms. The summed E-state index contributed by atoms with van der Waals surface area (Å²) in [5.74, 6) is 1.01. The molecule has 0 nitrogen and oxygen atoms in total. The average molecular weight is 252 g/mol. The minimum Gasteiger partial charge on any atom is -0.103 e. The van der Waals surface area contributed by atoms with Crippen LogP contribution < -0.4 is 0 Å². The molecule has 0 aromatic heterocycles. The van der Waals surface area contributed by atoms with Crippen molar-refractivity contribution in [2.45, 2.75) is 97.3 Å². The molecule has 0 radical (unpaired) electrons. The summed E-state index contributed by atoms with van der Waals surface area (Å²) < 4.78 is 0. The Morgan fingerprint density at radius 1 is 0.778 bits per heavy atom. The Balaban J connectivity index is 3.19. The zero-order chi connectivity index (χ0) is 13.5. The molecule has 0 fully saturated rings. The molecule has 0 rings (SSSR count). The summed E-state index contributed by atoms with van der Waals surface area (Å²) in [5.41, 5.74) is 0. The van der Waals surface area contributed by atoms with Gasteiger partial charge >= 0.3 is 0 Å². The second-order valence-corrected chi connectivity index (χ2v) is 5.76. The van der Waals surface area contributed by atoms with Crippen molar-refractivity contribution in [1.82, 2.24) is 0 Å². The van der Waals surface area contributed by atoms with Crippen molar-refractivity contribution in [3.8, 4) is 0 Å². The summed E-state index contributed by atoms with van der Waals surface area (Å²) in [6.45, 7) is 8.43. The molecule has 0 aromatic rings. The van der Waals surface area contributed by atoms with Gasteiger partial charge in [-0.3, -0.25) is 0 Å². The van der Waals surface area contributed by atoms with Crippen molar-refractivity contribution in [2.24, 2.45) is 5.92 Å². The van der Waals surface area contributed by atoms with Gasteiger partial charge in [0.25, 0.3) is 0 Å². The zero-order valence-electron chi connectivity index (χ0n) is 13.1. The molecule has 1 atom stereocenters. The number of unbranched alkanes of at least 4 members (excludes halogenated alkanes) is 8. The van der Waals surface area contributed by atoms with E-state index in [9.17, 15) is 0 Å². The van der Waals surface area contributed by atoms with Crippen LogP contribution in [0.25, 0.3) is 0 Å². The Kier molecular flexibility index (Phi) is 14.6. The van der Waals surface area contributed by atoms with Gasteiger partial charge in [-0.25, -0.2) is 0 Å². The molecule has 0 aliphatic rings. The van der Waals surface area contributed by atoms with Crippen LogP contribution in [-0.4, -0.2) is 0 Å². The maximum atomic E-state index is 3.76. The quantitative estimate of drug-likeness (QED) is 0.233. The van der Waals surface area contributed by atoms with Gasteiger partial charge in [0, 0.05) is 0 Å². The highest BCUT2D eigenvalue weighted by Crippen LogP contribution is 2.20. The molecule has 0 aliphatic heterocycles. The van der Waals surface area contributed by atoms with E-state index in [1.807, 2.05) is 6.08 Å². The van der Waals surface area contributed by atoms with Gasteiger partial charge in [0.05, 0.1) is 0 Å². The van der Waals surface area contributed by atoms with Crippen molar-refractivity contribution >= 4 is 0 Å². The first-order valence-corrected chi connectivity index (χ1v) is 8.46. The number of hydrogen-bond acceptors (Lipinski definition) is 0. The zero-order valence-corrected chi connectivity index (χ0v) is 13.1. The summed E-state index contributed by atoms with van der Waals surface area (Å²) in [6.07, 6.45) is 20.4. The fourth-order valence-corrected chi connectivity index (χ4v) is 2.65. The normalized spacial score (nSPS) is 12.6. The van der Waals surface area contributed by atoms with Crippen LogP contribution in [-0.2, 0) is 0 Å². The Bertz CT molecular complexity index is 159. The SMILES string of the molecule is C=CCCCCCCCCCC(CC)CCCC. The second-order valence-electron chi connectivity index (χ2n) is 5.76. The molecule has 0 saturated heterocycles. The molecule has 0 spiro atoms. The van der Waals surface area contributed by atoms with Crippen molar-refractivity contribution in [2.75, 3.05) is 0 Å². The van der Waals surface area contributed by atoms with Crippen molar-refractivity contribution in [1.29, 1.82) is 0 Å². The summed E-state index contributed by atoms with van der Waals surface area (Å²) in [4.78, 5) is 0. The van der Waals surface area contributed by atoms with E-state index in [4.69, 9.17) is 0 Å². The van der Waals surface area contributed by atoms with E-state index in [0.717, 1.165) is 5.92 Å². The molecular formula is C18H36. The first kappa shape index (κ1) is 17.7. The van der Waals surface area contributed by atoms with Gasteiger partial charge in [-0.1, -0.05) is 90.6 Å². The van der Waals surface area contributed by atoms with Crippen LogP contribution in [0.4, 0.5) is 0 Å². The van der Waals surface area contributed by atoms with Gasteiger partial charge < -0.3 is 0 Å². The second kappa shape index (κ2) is 14.8. The average Bonchev–Trinajstić information content (AvgIpc) is 2.40. The third kappa shape index (κ3) is 12.2. The van der Waals surface area contributed by atoms with E-state index in [1.165, 1.54) is 83.5 Å². The molecule has 108 valence electrons. The fourth-order valence-electron chi connectivity index (χ4n) is 2.65. The predicted molar refractivity (Wildman–Crippen MR) is 85.1 cm³/mol. The first-order valence-electron chi connectivity index (χ1n) is 8.46.